The predicted octanol–water partition coefficient (Wildman–Crippen LogP) is 1.94. The molecule has 2 fully saturated rings. The molecule has 0 bridgehead atoms. The number of rotatable bonds is 3. The van der Waals surface area contributed by atoms with Crippen LogP contribution >= 0.6 is 0 Å². The monoisotopic (exact) mass is 247 g/mol. The van der Waals surface area contributed by atoms with Crippen LogP contribution in [0.2, 0.25) is 0 Å². The Kier molecular flexibility index (Phi) is 2.86. The summed E-state index contributed by atoms with van der Waals surface area (Å²) in [5.41, 5.74) is 3.78. The first-order valence-corrected chi connectivity index (χ1v) is 6.82. The van der Waals surface area contributed by atoms with Crippen molar-refractivity contribution in [2.75, 3.05) is 16.9 Å². The van der Waals surface area contributed by atoms with Crippen LogP contribution in [0.15, 0.2) is 0 Å². The number of nitrogens with one attached hydrogen (secondary N) is 1. The maximum atomic E-state index is 5.58. The third-order valence-corrected chi connectivity index (χ3v) is 4.04. The van der Waals surface area contributed by atoms with E-state index in [0.717, 1.165) is 29.6 Å². The molecule has 1 aliphatic carbocycles. The summed E-state index contributed by atoms with van der Waals surface area (Å²) < 4.78 is 0. The van der Waals surface area contributed by atoms with Crippen LogP contribution in [0.3, 0.4) is 0 Å². The first kappa shape index (κ1) is 11.7. The van der Waals surface area contributed by atoms with Crippen LogP contribution in [-0.4, -0.2) is 22.6 Å². The van der Waals surface area contributed by atoms with Crippen LogP contribution in [0.1, 0.15) is 49.9 Å². The van der Waals surface area contributed by atoms with E-state index in [2.05, 4.69) is 22.2 Å². The Morgan fingerprint density at radius 3 is 2.61 bits per heavy atom. The fraction of sp³-hybridized carbons (Fsp3) is 0.692. The largest absolute Gasteiger partial charge is 0.354 e. The van der Waals surface area contributed by atoms with Gasteiger partial charge in [0.1, 0.15) is 17.5 Å². The summed E-state index contributed by atoms with van der Waals surface area (Å²) in [4.78, 5) is 11.7. The second kappa shape index (κ2) is 4.39. The molecule has 0 radical (unpaired) electrons. The van der Waals surface area contributed by atoms with Crippen molar-refractivity contribution in [1.82, 2.24) is 9.97 Å². The average Bonchev–Trinajstić information content (AvgIpc) is 3.13. The first-order valence-electron chi connectivity index (χ1n) is 6.82. The zero-order valence-electron chi connectivity index (χ0n) is 11.1. The Bertz CT molecular complexity index is 455. The normalized spacial score (nSPS) is 23.5. The topological polar surface area (TPSA) is 67.1 Å². The van der Waals surface area contributed by atoms with Crippen molar-refractivity contribution in [2.24, 2.45) is 5.84 Å². The Hall–Kier alpha value is -1.36. The minimum atomic E-state index is 0.550. The van der Waals surface area contributed by atoms with Gasteiger partial charge in [0.2, 0.25) is 0 Å². The molecule has 3 rings (SSSR count). The van der Waals surface area contributed by atoms with Crippen molar-refractivity contribution in [3.05, 3.63) is 11.4 Å². The second-order valence-corrected chi connectivity index (χ2v) is 5.48. The molecule has 1 saturated heterocycles. The summed E-state index contributed by atoms with van der Waals surface area (Å²) in [6.07, 6.45) is 4.91. The SMILES string of the molecule is Cc1c(NN)nc(C2CC2)nc1N1CCCC1C. The predicted molar refractivity (Wildman–Crippen MR) is 72.6 cm³/mol. The zero-order chi connectivity index (χ0) is 12.7. The van der Waals surface area contributed by atoms with Gasteiger partial charge < -0.3 is 10.3 Å². The molecule has 1 aliphatic heterocycles. The van der Waals surface area contributed by atoms with Crippen LogP contribution in [0, 0.1) is 6.92 Å². The number of nitrogen functional groups attached to an aromatic ring is 1. The molecule has 1 saturated carbocycles. The van der Waals surface area contributed by atoms with Gasteiger partial charge in [-0.05, 0) is 39.5 Å². The van der Waals surface area contributed by atoms with E-state index in [0.29, 0.717) is 12.0 Å². The summed E-state index contributed by atoms with van der Waals surface area (Å²) in [7, 11) is 0. The van der Waals surface area contributed by atoms with E-state index >= 15 is 0 Å². The smallest absolute Gasteiger partial charge is 0.148 e. The molecule has 3 N–H and O–H groups in total. The molecule has 5 nitrogen and oxygen atoms in total. The number of anilines is 2. The van der Waals surface area contributed by atoms with Gasteiger partial charge >= 0.3 is 0 Å². The van der Waals surface area contributed by atoms with Crippen LogP contribution < -0.4 is 16.2 Å². The Balaban J connectivity index is 2.02. The van der Waals surface area contributed by atoms with Crippen LogP contribution in [0.25, 0.3) is 0 Å². The van der Waals surface area contributed by atoms with E-state index in [1.54, 1.807) is 0 Å². The lowest BCUT2D eigenvalue weighted by Crippen LogP contribution is -2.29. The fourth-order valence-electron chi connectivity index (χ4n) is 2.71. The van der Waals surface area contributed by atoms with Crippen LogP contribution in [0.5, 0.6) is 0 Å². The zero-order valence-corrected chi connectivity index (χ0v) is 11.1. The van der Waals surface area contributed by atoms with E-state index in [1.165, 1.54) is 25.7 Å². The lowest BCUT2D eigenvalue weighted by atomic mass is 10.2. The standard InChI is InChI=1S/C13H21N5/c1-8-4-3-7-18(8)13-9(2)11(17-14)15-12(16-13)10-5-6-10/h8,10H,3-7,14H2,1-2H3,(H,15,16,17). The Labute approximate surface area is 108 Å². The van der Waals surface area contributed by atoms with Crippen LogP contribution in [0.4, 0.5) is 11.6 Å². The minimum Gasteiger partial charge on any atom is -0.354 e. The van der Waals surface area contributed by atoms with E-state index < -0.39 is 0 Å². The summed E-state index contributed by atoms with van der Waals surface area (Å²) in [6, 6.07) is 0.566. The van der Waals surface area contributed by atoms with Gasteiger partial charge in [0.15, 0.2) is 0 Å². The van der Waals surface area contributed by atoms with Gasteiger partial charge in [0.05, 0.1) is 0 Å². The molecule has 18 heavy (non-hydrogen) atoms. The molecule has 1 aromatic heterocycles. The highest BCUT2D eigenvalue weighted by molar-refractivity contribution is 5.59. The number of nitrogens with two attached hydrogens (primary N) is 1. The fourth-order valence-corrected chi connectivity index (χ4v) is 2.71. The minimum absolute atomic E-state index is 0.550. The highest BCUT2D eigenvalue weighted by atomic mass is 15.3. The van der Waals surface area contributed by atoms with Gasteiger partial charge in [-0.3, -0.25) is 0 Å². The second-order valence-electron chi connectivity index (χ2n) is 5.48. The quantitative estimate of drug-likeness (QED) is 0.631. The summed E-state index contributed by atoms with van der Waals surface area (Å²) in [6.45, 7) is 5.40. The van der Waals surface area contributed by atoms with E-state index in [-0.39, 0.29) is 0 Å². The molecule has 1 unspecified atom stereocenters. The molecular formula is C13H21N5. The van der Waals surface area contributed by atoms with Crippen molar-refractivity contribution in [3.8, 4) is 0 Å². The van der Waals surface area contributed by atoms with Crippen molar-refractivity contribution < 1.29 is 0 Å². The Morgan fingerprint density at radius 2 is 2.06 bits per heavy atom. The number of hydrazine groups is 1. The van der Waals surface area contributed by atoms with Crippen molar-refractivity contribution in [3.63, 3.8) is 0 Å². The lowest BCUT2D eigenvalue weighted by Gasteiger charge is -2.25. The lowest BCUT2D eigenvalue weighted by molar-refractivity contribution is 0.719. The molecule has 2 heterocycles. The maximum absolute atomic E-state index is 5.58. The average molecular weight is 247 g/mol. The molecule has 2 aliphatic rings. The third-order valence-electron chi connectivity index (χ3n) is 4.04. The van der Waals surface area contributed by atoms with Crippen molar-refractivity contribution in [1.29, 1.82) is 0 Å². The number of nitrogens with zero attached hydrogens (tertiary/aromatic N) is 3. The third kappa shape index (κ3) is 1.92. The molecule has 5 heteroatoms. The summed E-state index contributed by atoms with van der Waals surface area (Å²) in [5, 5.41) is 0. The molecule has 98 valence electrons. The van der Waals surface area contributed by atoms with Crippen molar-refractivity contribution in [2.45, 2.75) is 51.5 Å². The Morgan fingerprint density at radius 1 is 1.28 bits per heavy atom. The first-order chi connectivity index (χ1) is 8.70. The van der Waals surface area contributed by atoms with E-state index in [9.17, 15) is 0 Å². The van der Waals surface area contributed by atoms with Gasteiger partial charge in [0, 0.05) is 24.1 Å². The molecule has 1 aromatic rings. The van der Waals surface area contributed by atoms with Crippen LogP contribution in [-0.2, 0) is 0 Å². The number of hydrogen-bond donors (Lipinski definition) is 2. The van der Waals surface area contributed by atoms with E-state index in [1.807, 2.05) is 6.92 Å². The van der Waals surface area contributed by atoms with Crippen molar-refractivity contribution >= 4 is 11.6 Å². The molecule has 0 aromatic carbocycles. The van der Waals surface area contributed by atoms with Gasteiger partial charge in [0.25, 0.3) is 0 Å². The van der Waals surface area contributed by atoms with Gasteiger partial charge in [-0.2, -0.15) is 0 Å². The maximum Gasteiger partial charge on any atom is 0.148 e. The summed E-state index contributed by atoms with van der Waals surface area (Å²) in [5.74, 6) is 8.95. The highest BCUT2D eigenvalue weighted by Gasteiger charge is 2.30. The molecular weight excluding hydrogens is 226 g/mol. The molecule has 0 amide bonds. The number of aromatic nitrogens is 2. The molecule has 0 spiro atoms. The van der Waals surface area contributed by atoms with Gasteiger partial charge in [-0.1, -0.05) is 0 Å². The summed E-state index contributed by atoms with van der Waals surface area (Å²) >= 11 is 0. The van der Waals surface area contributed by atoms with Gasteiger partial charge in [-0.15, -0.1) is 0 Å². The van der Waals surface area contributed by atoms with Gasteiger partial charge in [-0.25, -0.2) is 15.8 Å². The highest BCUT2D eigenvalue weighted by Crippen LogP contribution is 2.40. The van der Waals surface area contributed by atoms with E-state index in [4.69, 9.17) is 10.8 Å². The molecule has 1 atom stereocenters. The number of hydrogen-bond acceptors (Lipinski definition) is 5.